The Morgan fingerprint density at radius 2 is 2.00 bits per heavy atom. The minimum absolute atomic E-state index is 0.0574. The molecule has 0 rings (SSSR count). The van der Waals surface area contributed by atoms with E-state index in [1.165, 1.54) is 13.0 Å². The molecule has 0 saturated carbocycles. The van der Waals surface area contributed by atoms with Gasteiger partial charge in [-0.05, 0) is 19.9 Å². The van der Waals surface area contributed by atoms with Crippen molar-refractivity contribution in [1.29, 1.82) is 5.41 Å². The maximum atomic E-state index is 12.4. The topological polar surface area (TPSA) is 23.9 Å². The van der Waals surface area contributed by atoms with Gasteiger partial charge >= 0.3 is 0 Å². The van der Waals surface area contributed by atoms with Gasteiger partial charge in [-0.2, -0.15) is 0 Å². The molecule has 2 heteroatoms. The quantitative estimate of drug-likeness (QED) is 0.435. The van der Waals surface area contributed by atoms with Crippen molar-refractivity contribution in [3.63, 3.8) is 0 Å². The number of hydrogen-bond acceptors (Lipinski definition) is 1. The lowest BCUT2D eigenvalue weighted by Crippen LogP contribution is -1.87. The van der Waals surface area contributed by atoms with Crippen LogP contribution in [-0.2, 0) is 0 Å². The van der Waals surface area contributed by atoms with Gasteiger partial charge in [0.1, 0.15) is 5.83 Å². The third-order valence-corrected chi connectivity index (χ3v) is 0.731. The molecule has 1 N–H and O–H groups in total. The molecule has 0 aliphatic carbocycles. The van der Waals surface area contributed by atoms with E-state index in [9.17, 15) is 4.39 Å². The molecular weight excluding hydrogens is 117 g/mol. The van der Waals surface area contributed by atoms with Gasteiger partial charge in [0.2, 0.25) is 0 Å². The molecular formula is C7H10FN. The molecule has 0 aliphatic rings. The summed E-state index contributed by atoms with van der Waals surface area (Å²) in [6.45, 7) is 6.55. The molecule has 0 saturated heterocycles. The van der Waals surface area contributed by atoms with E-state index in [1.54, 1.807) is 6.92 Å². The summed E-state index contributed by atoms with van der Waals surface area (Å²) in [5.41, 5.74) is 0.567. The van der Waals surface area contributed by atoms with E-state index in [1.807, 2.05) is 0 Å². The first kappa shape index (κ1) is 8.08. The second-order valence-corrected chi connectivity index (χ2v) is 1.96. The van der Waals surface area contributed by atoms with Gasteiger partial charge in [-0.25, -0.2) is 4.39 Å². The first-order valence-corrected chi connectivity index (χ1v) is 2.62. The van der Waals surface area contributed by atoms with Crippen LogP contribution in [0.3, 0.4) is 0 Å². The van der Waals surface area contributed by atoms with E-state index in [2.05, 4.69) is 6.58 Å². The van der Waals surface area contributed by atoms with Crippen LogP contribution in [0, 0.1) is 5.41 Å². The lowest BCUT2D eigenvalue weighted by atomic mass is 10.2. The average molecular weight is 127 g/mol. The lowest BCUT2D eigenvalue weighted by molar-refractivity contribution is 0.678. The van der Waals surface area contributed by atoms with Crippen LogP contribution in [0.25, 0.3) is 0 Å². The van der Waals surface area contributed by atoms with Gasteiger partial charge in [-0.15, -0.1) is 0 Å². The Morgan fingerprint density at radius 1 is 1.56 bits per heavy atom. The van der Waals surface area contributed by atoms with Crippen LogP contribution in [0.1, 0.15) is 13.8 Å². The standard InChI is InChI=1S/C7H10FN/c1-5(2)4-7(8)6(3)9/h4,9H,1H2,2-3H3/b7-4+,9-6?. The zero-order valence-electron chi connectivity index (χ0n) is 5.66. The molecule has 0 amide bonds. The summed E-state index contributed by atoms with van der Waals surface area (Å²) in [6.07, 6.45) is 1.24. The molecule has 0 aliphatic heterocycles. The predicted molar refractivity (Wildman–Crippen MR) is 37.4 cm³/mol. The predicted octanol–water partition coefficient (Wildman–Crippen LogP) is 2.46. The van der Waals surface area contributed by atoms with Gasteiger partial charge in [0.05, 0.1) is 5.71 Å². The lowest BCUT2D eigenvalue weighted by Gasteiger charge is -1.90. The van der Waals surface area contributed by atoms with Gasteiger partial charge in [-0.1, -0.05) is 12.2 Å². The fourth-order valence-electron chi connectivity index (χ4n) is 0.325. The molecule has 0 atom stereocenters. The first-order valence-electron chi connectivity index (χ1n) is 2.62. The van der Waals surface area contributed by atoms with Crippen LogP contribution < -0.4 is 0 Å². The Bertz CT molecular complexity index is 168. The van der Waals surface area contributed by atoms with Gasteiger partial charge in [-0.3, -0.25) is 0 Å². The summed E-state index contributed by atoms with van der Waals surface area (Å²) >= 11 is 0. The highest BCUT2D eigenvalue weighted by Gasteiger charge is 1.94. The molecule has 0 heterocycles. The highest BCUT2D eigenvalue weighted by Crippen LogP contribution is 2.01. The normalized spacial score (nSPS) is 11.2. The van der Waals surface area contributed by atoms with Crippen LogP contribution in [0.2, 0.25) is 0 Å². The number of hydrogen-bond donors (Lipinski definition) is 1. The van der Waals surface area contributed by atoms with Crippen LogP contribution >= 0.6 is 0 Å². The summed E-state index contributed by atoms with van der Waals surface area (Å²) in [5.74, 6) is -0.512. The van der Waals surface area contributed by atoms with Gasteiger partial charge in [0, 0.05) is 0 Å². The van der Waals surface area contributed by atoms with Crippen molar-refractivity contribution in [2.75, 3.05) is 0 Å². The summed E-state index contributed by atoms with van der Waals surface area (Å²) < 4.78 is 12.4. The largest absolute Gasteiger partial charge is 0.303 e. The minimum atomic E-state index is -0.512. The smallest absolute Gasteiger partial charge is 0.143 e. The second kappa shape index (κ2) is 3.17. The molecule has 9 heavy (non-hydrogen) atoms. The number of nitrogens with one attached hydrogen (secondary N) is 1. The molecule has 50 valence electrons. The first-order chi connectivity index (χ1) is 4.04. The van der Waals surface area contributed by atoms with Crippen molar-refractivity contribution in [1.82, 2.24) is 0 Å². The van der Waals surface area contributed by atoms with Crippen molar-refractivity contribution < 1.29 is 4.39 Å². The molecule has 0 aromatic carbocycles. The van der Waals surface area contributed by atoms with Crippen molar-refractivity contribution in [3.8, 4) is 0 Å². The molecule has 0 spiro atoms. The fraction of sp³-hybridized carbons (Fsp3) is 0.286. The zero-order valence-corrected chi connectivity index (χ0v) is 5.66. The summed E-state index contributed by atoms with van der Waals surface area (Å²) in [7, 11) is 0. The van der Waals surface area contributed by atoms with Crippen molar-refractivity contribution in [3.05, 3.63) is 24.1 Å². The SMILES string of the molecule is C=C(C)/C=C(/F)C(C)=N. The number of halogens is 1. The van der Waals surface area contributed by atoms with Crippen LogP contribution in [-0.4, -0.2) is 5.71 Å². The van der Waals surface area contributed by atoms with E-state index in [0.29, 0.717) is 5.57 Å². The molecule has 0 unspecified atom stereocenters. The highest BCUT2D eigenvalue weighted by molar-refractivity contribution is 5.93. The van der Waals surface area contributed by atoms with E-state index >= 15 is 0 Å². The monoisotopic (exact) mass is 127 g/mol. The number of allylic oxidation sites excluding steroid dienone is 3. The summed E-state index contributed by atoms with van der Waals surface area (Å²) in [5, 5.41) is 6.81. The minimum Gasteiger partial charge on any atom is -0.303 e. The van der Waals surface area contributed by atoms with Crippen LogP contribution in [0.4, 0.5) is 4.39 Å². The third-order valence-electron chi connectivity index (χ3n) is 0.731. The Kier molecular flexibility index (Phi) is 2.85. The van der Waals surface area contributed by atoms with Crippen LogP contribution in [0.5, 0.6) is 0 Å². The van der Waals surface area contributed by atoms with E-state index in [4.69, 9.17) is 5.41 Å². The molecule has 0 radical (unpaired) electrons. The average Bonchev–Trinajstić information content (AvgIpc) is 1.63. The van der Waals surface area contributed by atoms with E-state index in [-0.39, 0.29) is 5.71 Å². The highest BCUT2D eigenvalue weighted by atomic mass is 19.1. The molecule has 1 nitrogen and oxygen atoms in total. The van der Waals surface area contributed by atoms with E-state index in [0.717, 1.165) is 0 Å². The summed E-state index contributed by atoms with van der Waals surface area (Å²) in [6, 6.07) is 0. The van der Waals surface area contributed by atoms with E-state index < -0.39 is 5.83 Å². The van der Waals surface area contributed by atoms with Crippen molar-refractivity contribution in [2.45, 2.75) is 13.8 Å². The molecule has 0 aromatic rings. The molecule has 0 bridgehead atoms. The molecule has 0 aromatic heterocycles. The fourth-order valence-corrected chi connectivity index (χ4v) is 0.325. The third kappa shape index (κ3) is 3.64. The Morgan fingerprint density at radius 3 is 2.11 bits per heavy atom. The van der Waals surface area contributed by atoms with Crippen molar-refractivity contribution >= 4 is 5.71 Å². The maximum Gasteiger partial charge on any atom is 0.143 e. The molecule has 0 fully saturated rings. The van der Waals surface area contributed by atoms with Gasteiger partial charge in [0.15, 0.2) is 0 Å². The van der Waals surface area contributed by atoms with Gasteiger partial charge < -0.3 is 5.41 Å². The maximum absolute atomic E-state index is 12.4. The van der Waals surface area contributed by atoms with Crippen molar-refractivity contribution in [2.24, 2.45) is 0 Å². The van der Waals surface area contributed by atoms with Gasteiger partial charge in [0.25, 0.3) is 0 Å². The van der Waals surface area contributed by atoms with Crippen LogP contribution in [0.15, 0.2) is 24.1 Å². The Balaban J connectivity index is 4.17. The Hall–Kier alpha value is -0.920. The summed E-state index contributed by atoms with van der Waals surface area (Å²) in [4.78, 5) is 0. The number of rotatable bonds is 2. The Labute approximate surface area is 54.4 Å². The second-order valence-electron chi connectivity index (χ2n) is 1.96. The zero-order chi connectivity index (χ0) is 7.44.